The van der Waals surface area contributed by atoms with Gasteiger partial charge in [-0.05, 0) is 33.6 Å². The monoisotopic (exact) mass is 303 g/mol. The molecule has 0 saturated carbocycles. The molecule has 5 heteroatoms. The summed E-state index contributed by atoms with van der Waals surface area (Å²) in [5.74, 6) is -0.960. The number of amides is 1. The highest BCUT2D eigenvalue weighted by Crippen LogP contribution is 2.20. The Labute approximate surface area is 129 Å². The first-order valence-corrected chi connectivity index (χ1v) is 7.95. The van der Waals surface area contributed by atoms with Crippen LogP contribution < -0.4 is 0 Å². The molecule has 5 nitrogen and oxygen atoms in total. The van der Waals surface area contributed by atoms with Crippen LogP contribution in [0.25, 0.3) is 0 Å². The molecule has 1 fully saturated rings. The van der Waals surface area contributed by atoms with E-state index in [0.717, 1.165) is 6.42 Å². The largest absolute Gasteiger partial charge is 0.480 e. The van der Waals surface area contributed by atoms with Gasteiger partial charge in [-0.3, -0.25) is 4.90 Å². The van der Waals surface area contributed by atoms with Gasteiger partial charge in [-0.1, -0.05) is 40.5 Å². The lowest BCUT2D eigenvalue weighted by Gasteiger charge is -2.26. The predicted molar refractivity (Wildman–Crippen MR) is 85.5 cm³/mol. The van der Waals surface area contributed by atoms with Crippen molar-refractivity contribution in [2.24, 2.45) is 0 Å². The number of likely N-dealkylation sites (tertiary alicyclic amines) is 1. The summed E-state index contributed by atoms with van der Waals surface area (Å²) in [7, 11) is 0. The summed E-state index contributed by atoms with van der Waals surface area (Å²) in [4.78, 5) is 23.7. The van der Waals surface area contributed by atoms with E-state index in [0.29, 0.717) is 13.0 Å². The van der Waals surface area contributed by atoms with Crippen molar-refractivity contribution >= 4 is 12.1 Å². The van der Waals surface area contributed by atoms with E-state index in [1.54, 1.807) is 20.8 Å². The summed E-state index contributed by atoms with van der Waals surface area (Å²) < 4.78 is 5.13. The zero-order valence-electron chi connectivity index (χ0n) is 14.7. The Balaban J connectivity index is 0. The fraction of sp³-hybridized carbons (Fsp3) is 0.875. The number of carboxylic acids is 1. The number of carbonyl (C=O) groups is 2. The van der Waals surface area contributed by atoms with Gasteiger partial charge in [0, 0.05) is 6.54 Å². The number of aliphatic carboxylic acids is 1. The first kappa shape index (κ1) is 22.0. The van der Waals surface area contributed by atoms with Crippen LogP contribution >= 0.6 is 0 Å². The van der Waals surface area contributed by atoms with Crippen molar-refractivity contribution in [1.82, 2.24) is 4.90 Å². The molecule has 1 amide bonds. The number of hydrogen-bond donors (Lipinski definition) is 1. The molecule has 0 radical (unpaired) electrons. The highest BCUT2D eigenvalue weighted by molar-refractivity contribution is 5.80. The first-order valence-electron chi connectivity index (χ1n) is 7.95. The van der Waals surface area contributed by atoms with Crippen LogP contribution in [0.1, 0.15) is 74.1 Å². The molecular formula is C16H33NO4. The smallest absolute Gasteiger partial charge is 0.411 e. The van der Waals surface area contributed by atoms with Crippen LogP contribution in [0.5, 0.6) is 0 Å². The summed E-state index contributed by atoms with van der Waals surface area (Å²) in [5.41, 5.74) is -0.581. The Bertz CT molecular complexity index is 295. The predicted octanol–water partition coefficient (Wildman–Crippen LogP) is 4.30. The second-order valence-corrected chi connectivity index (χ2v) is 5.67. The summed E-state index contributed by atoms with van der Waals surface area (Å²) in [5, 5.41) is 8.88. The number of rotatable bonds is 2. The van der Waals surface area contributed by atoms with E-state index >= 15 is 0 Å². The van der Waals surface area contributed by atoms with Gasteiger partial charge in [0.25, 0.3) is 0 Å². The van der Waals surface area contributed by atoms with Crippen LogP contribution in [0.4, 0.5) is 4.79 Å². The van der Waals surface area contributed by atoms with Gasteiger partial charge in [0.05, 0.1) is 0 Å². The van der Waals surface area contributed by atoms with Gasteiger partial charge in [-0.25, -0.2) is 9.59 Å². The second-order valence-electron chi connectivity index (χ2n) is 5.67. The van der Waals surface area contributed by atoms with Gasteiger partial charge >= 0.3 is 12.1 Å². The van der Waals surface area contributed by atoms with Crippen LogP contribution in [0.3, 0.4) is 0 Å². The zero-order chi connectivity index (χ0) is 17.1. The van der Waals surface area contributed by atoms with E-state index in [-0.39, 0.29) is 0 Å². The van der Waals surface area contributed by atoms with Gasteiger partial charge < -0.3 is 9.84 Å². The first-order chi connectivity index (χ1) is 9.72. The minimum Gasteiger partial charge on any atom is -0.480 e. The molecule has 1 atom stereocenters. The topological polar surface area (TPSA) is 66.8 Å². The Morgan fingerprint density at radius 3 is 2.00 bits per heavy atom. The van der Waals surface area contributed by atoms with Crippen LogP contribution in [-0.2, 0) is 9.53 Å². The van der Waals surface area contributed by atoms with Crippen LogP contribution in [0.2, 0.25) is 0 Å². The molecule has 1 saturated heterocycles. The zero-order valence-corrected chi connectivity index (χ0v) is 14.7. The fourth-order valence-electron chi connectivity index (χ4n) is 1.56. The Morgan fingerprint density at radius 2 is 1.67 bits per heavy atom. The average molecular weight is 303 g/mol. The van der Waals surface area contributed by atoms with Crippen molar-refractivity contribution in [2.45, 2.75) is 85.8 Å². The molecule has 0 bridgehead atoms. The molecule has 0 aliphatic carbocycles. The third-order valence-corrected chi connectivity index (χ3v) is 2.67. The van der Waals surface area contributed by atoms with Crippen molar-refractivity contribution in [3.8, 4) is 0 Å². The molecule has 126 valence electrons. The number of unbranched alkanes of at least 4 members (excludes halogenated alkanes) is 1. The number of carboxylic acid groups (broad SMARTS) is 1. The molecule has 1 aliphatic rings. The number of ether oxygens (including phenoxy) is 1. The number of carbonyl (C=O) groups excluding carboxylic acids is 1. The Kier molecular flexibility index (Phi) is 12.0. The van der Waals surface area contributed by atoms with E-state index in [1.807, 2.05) is 13.8 Å². The molecule has 0 aromatic heterocycles. The normalized spacial score (nSPS) is 17.1. The van der Waals surface area contributed by atoms with E-state index < -0.39 is 23.7 Å². The Hall–Kier alpha value is -1.26. The van der Waals surface area contributed by atoms with Gasteiger partial charge in [0.1, 0.15) is 11.6 Å². The van der Waals surface area contributed by atoms with Crippen LogP contribution in [0, 0.1) is 0 Å². The van der Waals surface area contributed by atoms with Gasteiger partial charge in [0.15, 0.2) is 0 Å². The molecule has 1 N–H and O–H groups in total. The summed E-state index contributed by atoms with van der Waals surface area (Å²) >= 11 is 0. The summed E-state index contributed by atoms with van der Waals surface area (Å²) in [6.07, 6.45) is 3.33. The molecule has 0 aromatic rings. The third-order valence-electron chi connectivity index (χ3n) is 2.67. The summed E-state index contributed by atoms with van der Waals surface area (Å²) in [6, 6.07) is -0.722. The van der Waals surface area contributed by atoms with E-state index in [2.05, 4.69) is 13.8 Å². The lowest BCUT2D eigenvalue weighted by atomic mass is 10.2. The molecule has 21 heavy (non-hydrogen) atoms. The minimum absolute atomic E-state index is 0.464. The molecule has 1 unspecified atom stereocenters. The highest BCUT2D eigenvalue weighted by Gasteiger charge is 2.36. The second kappa shape index (κ2) is 11.4. The molecule has 1 heterocycles. The van der Waals surface area contributed by atoms with Crippen LogP contribution in [-0.4, -0.2) is 40.3 Å². The van der Waals surface area contributed by atoms with Crippen molar-refractivity contribution in [1.29, 1.82) is 0 Å². The van der Waals surface area contributed by atoms with Crippen LogP contribution in [0.15, 0.2) is 0 Å². The van der Waals surface area contributed by atoms with Gasteiger partial charge in [0.2, 0.25) is 0 Å². The standard InChI is InChI=1S/C10H17NO4.C4H10.C2H6/c1-10(2,3)15-9(14)11-6-4-5-7(11)8(12)13;1-3-4-2;1-2/h7H,4-6H2,1-3H3,(H,12,13);3-4H2,1-2H3;1-2H3. The molecule has 0 spiro atoms. The molecule has 0 aromatic carbocycles. The minimum atomic E-state index is -0.960. The molecule has 1 rings (SSSR count). The number of hydrogen-bond acceptors (Lipinski definition) is 3. The third kappa shape index (κ3) is 10.2. The number of nitrogens with zero attached hydrogens (tertiary/aromatic N) is 1. The van der Waals surface area contributed by atoms with E-state index in [9.17, 15) is 9.59 Å². The van der Waals surface area contributed by atoms with Gasteiger partial charge in [-0.15, -0.1) is 0 Å². The van der Waals surface area contributed by atoms with Crippen molar-refractivity contribution in [3.05, 3.63) is 0 Å². The molecular weight excluding hydrogens is 270 g/mol. The lowest BCUT2D eigenvalue weighted by molar-refractivity contribution is -0.142. The average Bonchev–Trinajstić information content (AvgIpc) is 2.89. The maximum absolute atomic E-state index is 11.6. The maximum Gasteiger partial charge on any atom is 0.411 e. The fourth-order valence-corrected chi connectivity index (χ4v) is 1.56. The quantitative estimate of drug-likeness (QED) is 0.825. The highest BCUT2D eigenvalue weighted by atomic mass is 16.6. The lowest BCUT2D eigenvalue weighted by Crippen LogP contribution is -2.43. The van der Waals surface area contributed by atoms with Crippen molar-refractivity contribution in [2.75, 3.05) is 6.54 Å². The Morgan fingerprint density at radius 1 is 1.19 bits per heavy atom. The van der Waals surface area contributed by atoms with Crippen molar-refractivity contribution in [3.63, 3.8) is 0 Å². The summed E-state index contributed by atoms with van der Waals surface area (Å²) in [6.45, 7) is 14.1. The van der Waals surface area contributed by atoms with E-state index in [1.165, 1.54) is 17.7 Å². The SMILES string of the molecule is CC.CC(C)(C)OC(=O)N1CCCC1C(=O)O.CCCC. The maximum atomic E-state index is 11.6. The van der Waals surface area contributed by atoms with Gasteiger partial charge in [-0.2, -0.15) is 0 Å². The van der Waals surface area contributed by atoms with E-state index in [4.69, 9.17) is 9.84 Å². The molecule has 1 aliphatic heterocycles. The van der Waals surface area contributed by atoms with Crippen molar-refractivity contribution < 1.29 is 19.4 Å².